The molecule has 29 heavy (non-hydrogen) atoms. The molecule has 1 saturated carbocycles. The first-order chi connectivity index (χ1) is 14.2. The number of carbonyl (C=O) groups excluding carboxylic acids is 1. The monoisotopic (exact) mass is 392 g/mol. The molecule has 6 heteroatoms. The van der Waals surface area contributed by atoms with Crippen LogP contribution in [-0.4, -0.2) is 22.2 Å². The highest BCUT2D eigenvalue weighted by atomic mass is 19.1. The van der Waals surface area contributed by atoms with Gasteiger partial charge in [-0.1, -0.05) is 24.6 Å². The molecular weight excluding hydrogens is 367 g/mol. The van der Waals surface area contributed by atoms with E-state index >= 15 is 0 Å². The fraction of sp³-hybridized carbons (Fsp3) is 0.304. The van der Waals surface area contributed by atoms with E-state index < -0.39 is 0 Å². The molecule has 0 bridgehead atoms. The second-order valence-electron chi connectivity index (χ2n) is 7.54. The Morgan fingerprint density at radius 3 is 2.62 bits per heavy atom. The topological polar surface area (TPSA) is 72.9 Å². The van der Waals surface area contributed by atoms with E-state index in [1.54, 1.807) is 16.8 Å². The number of nitrogens with two attached hydrogens (primary N) is 1. The molecule has 0 aliphatic heterocycles. The number of hydrogen-bond acceptors (Lipinski definition) is 3. The van der Waals surface area contributed by atoms with Gasteiger partial charge in [0.25, 0.3) is 0 Å². The minimum Gasteiger partial charge on any atom is -0.352 e. The number of aromatic nitrogens is 2. The lowest BCUT2D eigenvalue weighted by Gasteiger charge is -2.17. The van der Waals surface area contributed by atoms with Crippen LogP contribution in [0.4, 0.5) is 4.39 Å². The molecule has 0 unspecified atom stereocenters. The molecule has 1 aliphatic rings. The lowest BCUT2D eigenvalue weighted by atomic mass is 9.95. The second-order valence-corrected chi connectivity index (χ2v) is 7.54. The van der Waals surface area contributed by atoms with Crippen LogP contribution in [0.2, 0.25) is 0 Å². The largest absolute Gasteiger partial charge is 0.352 e. The molecule has 1 heterocycles. The summed E-state index contributed by atoms with van der Waals surface area (Å²) >= 11 is 0. The first-order valence-electron chi connectivity index (χ1n) is 10.0. The number of halogens is 1. The van der Waals surface area contributed by atoms with Crippen molar-refractivity contribution in [1.82, 2.24) is 15.1 Å². The Morgan fingerprint density at radius 1 is 1.14 bits per heavy atom. The molecule has 0 spiro atoms. The molecule has 2 aromatic carbocycles. The van der Waals surface area contributed by atoms with Gasteiger partial charge in [-0.05, 0) is 61.7 Å². The first-order valence-corrected chi connectivity index (χ1v) is 10.0. The van der Waals surface area contributed by atoms with Crippen molar-refractivity contribution >= 4 is 5.91 Å². The molecule has 3 N–H and O–H groups in total. The van der Waals surface area contributed by atoms with Crippen LogP contribution in [0.1, 0.15) is 24.8 Å². The van der Waals surface area contributed by atoms with Crippen LogP contribution in [0.3, 0.4) is 0 Å². The van der Waals surface area contributed by atoms with Gasteiger partial charge in [0.15, 0.2) is 0 Å². The number of rotatable bonds is 6. The third-order valence-corrected chi connectivity index (χ3v) is 5.68. The van der Waals surface area contributed by atoms with E-state index in [1.165, 1.54) is 12.1 Å². The average Bonchev–Trinajstić information content (AvgIpc) is 3.40. The van der Waals surface area contributed by atoms with Gasteiger partial charge in [0, 0.05) is 29.8 Å². The first kappa shape index (κ1) is 19.3. The quantitative estimate of drug-likeness (QED) is 0.672. The standard InChI is InChI=1S/C23H25FN4O/c24-19-11-9-16(10-12-19)22-18(15-28(27-22)20-6-2-1-3-7-20)14-26-23(29)21-8-4-5-17(21)13-25/h1-3,6-7,9-12,15,17,21H,4-5,8,13-14,25H2,(H,26,29)/t17-,21-/m1/s1. The maximum absolute atomic E-state index is 13.4. The van der Waals surface area contributed by atoms with Crippen molar-refractivity contribution in [3.63, 3.8) is 0 Å². The molecule has 1 aliphatic carbocycles. The van der Waals surface area contributed by atoms with E-state index in [4.69, 9.17) is 10.8 Å². The Morgan fingerprint density at radius 2 is 1.90 bits per heavy atom. The summed E-state index contributed by atoms with van der Waals surface area (Å²) in [4.78, 5) is 12.7. The van der Waals surface area contributed by atoms with E-state index in [-0.39, 0.29) is 23.6 Å². The fourth-order valence-electron chi connectivity index (χ4n) is 4.08. The molecule has 1 fully saturated rings. The summed E-state index contributed by atoms with van der Waals surface area (Å²) in [6.07, 6.45) is 4.87. The van der Waals surface area contributed by atoms with Gasteiger partial charge in [-0.3, -0.25) is 4.79 Å². The van der Waals surface area contributed by atoms with Crippen molar-refractivity contribution in [1.29, 1.82) is 0 Å². The zero-order valence-corrected chi connectivity index (χ0v) is 16.2. The van der Waals surface area contributed by atoms with Crippen molar-refractivity contribution < 1.29 is 9.18 Å². The molecular formula is C23H25FN4O. The van der Waals surface area contributed by atoms with E-state index in [0.29, 0.717) is 13.1 Å². The van der Waals surface area contributed by atoms with Gasteiger partial charge in [0.05, 0.1) is 11.4 Å². The molecule has 2 atom stereocenters. The Bertz CT molecular complexity index is 968. The zero-order chi connectivity index (χ0) is 20.2. The van der Waals surface area contributed by atoms with Gasteiger partial charge in [-0.25, -0.2) is 9.07 Å². The van der Waals surface area contributed by atoms with Crippen LogP contribution >= 0.6 is 0 Å². The Kier molecular flexibility index (Phi) is 5.71. The average molecular weight is 392 g/mol. The van der Waals surface area contributed by atoms with Crippen LogP contribution in [0.15, 0.2) is 60.8 Å². The number of hydrogen-bond donors (Lipinski definition) is 2. The maximum atomic E-state index is 13.4. The van der Waals surface area contributed by atoms with Crippen molar-refractivity contribution in [3.8, 4) is 16.9 Å². The van der Waals surface area contributed by atoms with Crippen LogP contribution < -0.4 is 11.1 Å². The molecule has 1 amide bonds. The lowest BCUT2D eigenvalue weighted by molar-refractivity contribution is -0.126. The van der Waals surface area contributed by atoms with Crippen LogP contribution in [0.25, 0.3) is 16.9 Å². The molecule has 150 valence electrons. The van der Waals surface area contributed by atoms with Crippen molar-refractivity contribution in [3.05, 3.63) is 72.2 Å². The van der Waals surface area contributed by atoms with Crippen LogP contribution in [0.5, 0.6) is 0 Å². The molecule has 0 radical (unpaired) electrons. The molecule has 5 nitrogen and oxygen atoms in total. The molecule has 3 aromatic rings. The highest BCUT2D eigenvalue weighted by Crippen LogP contribution is 2.31. The highest BCUT2D eigenvalue weighted by molar-refractivity contribution is 5.79. The summed E-state index contributed by atoms with van der Waals surface area (Å²) in [7, 11) is 0. The van der Waals surface area contributed by atoms with Crippen LogP contribution in [-0.2, 0) is 11.3 Å². The molecule has 1 aromatic heterocycles. The summed E-state index contributed by atoms with van der Waals surface area (Å²) in [5.41, 5.74) is 9.18. The predicted molar refractivity (Wildman–Crippen MR) is 111 cm³/mol. The number of para-hydroxylation sites is 1. The summed E-state index contributed by atoms with van der Waals surface area (Å²) in [5.74, 6) is 0.00710. The number of amides is 1. The van der Waals surface area contributed by atoms with Gasteiger partial charge in [0.1, 0.15) is 5.82 Å². The van der Waals surface area contributed by atoms with E-state index in [9.17, 15) is 9.18 Å². The number of carbonyl (C=O) groups is 1. The van der Waals surface area contributed by atoms with Gasteiger partial charge in [0.2, 0.25) is 5.91 Å². The van der Waals surface area contributed by atoms with Crippen molar-refractivity contribution in [2.75, 3.05) is 6.54 Å². The van der Waals surface area contributed by atoms with Crippen molar-refractivity contribution in [2.24, 2.45) is 17.6 Å². The summed E-state index contributed by atoms with van der Waals surface area (Å²) in [6, 6.07) is 16.0. The third kappa shape index (κ3) is 4.22. The maximum Gasteiger partial charge on any atom is 0.223 e. The van der Waals surface area contributed by atoms with Crippen molar-refractivity contribution in [2.45, 2.75) is 25.8 Å². The number of benzene rings is 2. The van der Waals surface area contributed by atoms with E-state index in [1.807, 2.05) is 36.5 Å². The van der Waals surface area contributed by atoms with Gasteiger partial charge >= 0.3 is 0 Å². The molecule has 4 rings (SSSR count). The van der Waals surface area contributed by atoms with E-state index in [0.717, 1.165) is 41.8 Å². The van der Waals surface area contributed by atoms with Gasteiger partial charge in [-0.2, -0.15) is 5.10 Å². The second kappa shape index (κ2) is 8.57. The Balaban J connectivity index is 1.60. The summed E-state index contributed by atoms with van der Waals surface area (Å²) < 4.78 is 15.2. The minimum atomic E-state index is -0.292. The third-order valence-electron chi connectivity index (χ3n) is 5.68. The summed E-state index contributed by atoms with van der Waals surface area (Å²) in [6.45, 7) is 0.914. The Labute approximate surface area is 169 Å². The minimum absolute atomic E-state index is 0.0153. The smallest absolute Gasteiger partial charge is 0.223 e. The zero-order valence-electron chi connectivity index (χ0n) is 16.2. The van der Waals surface area contributed by atoms with Gasteiger partial charge in [-0.15, -0.1) is 0 Å². The van der Waals surface area contributed by atoms with E-state index in [2.05, 4.69) is 5.32 Å². The SMILES string of the molecule is NC[C@H]1CCC[C@H]1C(=O)NCc1cn(-c2ccccc2)nc1-c1ccc(F)cc1. The number of nitrogens with one attached hydrogen (secondary N) is 1. The number of nitrogens with zero attached hydrogens (tertiary/aromatic N) is 2. The van der Waals surface area contributed by atoms with Gasteiger partial charge < -0.3 is 11.1 Å². The predicted octanol–water partition coefficient (Wildman–Crippen LogP) is 3.67. The summed E-state index contributed by atoms with van der Waals surface area (Å²) in [5, 5.41) is 7.78. The normalized spacial score (nSPS) is 18.7. The lowest BCUT2D eigenvalue weighted by Crippen LogP contribution is -2.34. The Hall–Kier alpha value is -2.99. The van der Waals surface area contributed by atoms with Crippen LogP contribution in [0, 0.1) is 17.7 Å². The molecule has 0 saturated heterocycles. The fourth-order valence-corrected chi connectivity index (χ4v) is 4.08. The highest BCUT2D eigenvalue weighted by Gasteiger charge is 2.31.